The zero-order valence-corrected chi connectivity index (χ0v) is 24.8. The van der Waals surface area contributed by atoms with Crippen LogP contribution in [0.25, 0.3) is 0 Å². The number of nitrogens with zero attached hydrogens (tertiary/aromatic N) is 1. The van der Waals surface area contributed by atoms with E-state index in [0.29, 0.717) is 13.0 Å². The summed E-state index contributed by atoms with van der Waals surface area (Å²) in [6.07, 6.45) is 10.4. The Bertz CT molecular complexity index is 1260. The Morgan fingerprint density at radius 1 is 1.05 bits per heavy atom. The minimum Gasteiger partial charge on any atom is -0.469 e. The molecule has 3 saturated carbocycles. The molecule has 1 aliphatic heterocycles. The summed E-state index contributed by atoms with van der Waals surface area (Å²) in [5.74, 6) is -1.84. The molecule has 0 bridgehead atoms. The monoisotopic (exact) mass is 535 g/mol. The largest absolute Gasteiger partial charge is 0.469 e. The van der Waals surface area contributed by atoms with E-state index in [1.54, 1.807) is 0 Å². The van der Waals surface area contributed by atoms with Crippen molar-refractivity contribution in [1.29, 1.82) is 5.26 Å². The molecule has 9 atom stereocenters. The van der Waals surface area contributed by atoms with Gasteiger partial charge in [-0.3, -0.25) is 9.59 Å². The number of nitriles is 1. The van der Waals surface area contributed by atoms with Crippen molar-refractivity contribution in [2.75, 3.05) is 13.7 Å². The Morgan fingerprint density at radius 3 is 2.41 bits per heavy atom. The van der Waals surface area contributed by atoms with Crippen LogP contribution < -0.4 is 0 Å². The van der Waals surface area contributed by atoms with Gasteiger partial charge in [-0.1, -0.05) is 53.2 Å². The second-order valence-corrected chi connectivity index (χ2v) is 15.5. The highest BCUT2D eigenvalue weighted by Gasteiger charge is 2.73. The van der Waals surface area contributed by atoms with E-state index in [2.05, 4.69) is 47.6 Å². The summed E-state index contributed by atoms with van der Waals surface area (Å²) < 4.78 is 11.3. The van der Waals surface area contributed by atoms with Gasteiger partial charge in [0.15, 0.2) is 5.78 Å². The third kappa shape index (κ3) is 3.00. The summed E-state index contributed by atoms with van der Waals surface area (Å²) in [5.41, 5.74) is -0.903. The highest BCUT2D eigenvalue weighted by molar-refractivity contribution is 5.96. The van der Waals surface area contributed by atoms with Crippen molar-refractivity contribution in [3.05, 3.63) is 23.3 Å². The van der Waals surface area contributed by atoms with Crippen molar-refractivity contribution < 1.29 is 24.2 Å². The van der Waals surface area contributed by atoms with E-state index >= 15 is 0 Å². The van der Waals surface area contributed by atoms with E-state index in [0.717, 1.165) is 50.5 Å². The zero-order chi connectivity index (χ0) is 28.4. The van der Waals surface area contributed by atoms with E-state index in [1.165, 1.54) is 7.11 Å². The van der Waals surface area contributed by atoms with Gasteiger partial charge in [-0.2, -0.15) is 5.26 Å². The number of methoxy groups -OCH3 is 1. The first-order chi connectivity index (χ1) is 18.1. The van der Waals surface area contributed by atoms with Gasteiger partial charge in [-0.15, -0.1) is 0 Å². The SMILES string of the molecule is COC(=O)[C@]12CCC(C)(C)C[C@H]1[C@H]1C(=O)C=C3[C@@]4(C)C=C(C#N)C5(O)OCC[C@@]5(C)[C@@H]4CC[C@@]3(C)[C@]1(C)CC2. The first-order valence-corrected chi connectivity index (χ1v) is 14.9. The minimum absolute atomic E-state index is 0.0493. The molecule has 6 heteroatoms. The van der Waals surface area contributed by atoms with Crippen LogP contribution in [0.15, 0.2) is 23.3 Å². The van der Waals surface area contributed by atoms with Gasteiger partial charge < -0.3 is 14.6 Å². The molecule has 6 nitrogen and oxygen atoms in total. The summed E-state index contributed by atoms with van der Waals surface area (Å²) >= 11 is 0. The van der Waals surface area contributed by atoms with Crippen LogP contribution in [0.5, 0.6) is 0 Å². The molecule has 212 valence electrons. The fourth-order valence-corrected chi connectivity index (χ4v) is 11.2. The van der Waals surface area contributed by atoms with E-state index < -0.39 is 22.0 Å². The maximum absolute atomic E-state index is 14.5. The molecular formula is C33H45NO5. The number of rotatable bonds is 1. The van der Waals surface area contributed by atoms with Gasteiger partial charge in [-0.25, -0.2) is 0 Å². The summed E-state index contributed by atoms with van der Waals surface area (Å²) in [5, 5.41) is 21.8. The van der Waals surface area contributed by atoms with Gasteiger partial charge in [-0.05, 0) is 85.5 Å². The number of fused-ring (bicyclic) bond motifs is 9. The molecule has 1 unspecified atom stereocenters. The van der Waals surface area contributed by atoms with Crippen LogP contribution in [0.2, 0.25) is 0 Å². The van der Waals surface area contributed by atoms with Crippen molar-refractivity contribution in [2.24, 2.45) is 50.2 Å². The normalized spacial score (nSPS) is 51.6. The minimum atomic E-state index is -1.58. The first kappa shape index (κ1) is 27.2. The molecule has 39 heavy (non-hydrogen) atoms. The number of hydrogen-bond donors (Lipinski definition) is 1. The Kier molecular flexibility index (Phi) is 5.48. The van der Waals surface area contributed by atoms with E-state index in [1.807, 2.05) is 12.2 Å². The van der Waals surface area contributed by atoms with Crippen LogP contribution in [0, 0.1) is 61.6 Å². The number of ether oxygens (including phenoxy) is 2. The van der Waals surface area contributed by atoms with Crippen LogP contribution in [-0.2, 0) is 19.1 Å². The molecule has 0 spiro atoms. The molecule has 0 aromatic rings. The van der Waals surface area contributed by atoms with Gasteiger partial charge in [0.1, 0.15) is 6.07 Å². The average Bonchev–Trinajstić information content (AvgIpc) is 3.19. The first-order valence-electron chi connectivity index (χ1n) is 14.9. The topological polar surface area (TPSA) is 96.6 Å². The number of esters is 1. The Balaban J connectivity index is 1.53. The van der Waals surface area contributed by atoms with E-state index in [4.69, 9.17) is 9.47 Å². The highest BCUT2D eigenvalue weighted by Crippen LogP contribution is 2.76. The van der Waals surface area contributed by atoms with Gasteiger partial charge in [0.25, 0.3) is 0 Å². The van der Waals surface area contributed by atoms with Crippen molar-refractivity contribution in [3.8, 4) is 6.07 Å². The molecule has 0 aromatic heterocycles. The fraction of sp³-hybridized carbons (Fsp3) is 0.788. The number of aliphatic hydroxyl groups is 1. The van der Waals surface area contributed by atoms with Crippen molar-refractivity contribution in [3.63, 3.8) is 0 Å². The van der Waals surface area contributed by atoms with Crippen molar-refractivity contribution in [1.82, 2.24) is 0 Å². The van der Waals surface area contributed by atoms with Crippen molar-refractivity contribution >= 4 is 11.8 Å². The molecule has 1 saturated heterocycles. The molecule has 1 N–H and O–H groups in total. The lowest BCUT2D eigenvalue weighted by Gasteiger charge is -2.69. The third-order valence-corrected chi connectivity index (χ3v) is 13.6. The van der Waals surface area contributed by atoms with E-state index in [9.17, 15) is 20.0 Å². The molecule has 6 rings (SSSR count). The average molecular weight is 536 g/mol. The fourth-order valence-electron chi connectivity index (χ4n) is 11.2. The smallest absolute Gasteiger partial charge is 0.312 e. The van der Waals surface area contributed by atoms with Crippen LogP contribution in [0.3, 0.4) is 0 Å². The molecule has 0 radical (unpaired) electrons. The van der Waals surface area contributed by atoms with Crippen LogP contribution in [0.4, 0.5) is 0 Å². The van der Waals surface area contributed by atoms with Crippen LogP contribution in [0.1, 0.15) is 92.9 Å². The van der Waals surface area contributed by atoms with E-state index in [-0.39, 0.29) is 51.3 Å². The second-order valence-electron chi connectivity index (χ2n) is 15.5. The number of allylic oxidation sites excluding steroid dienone is 3. The maximum atomic E-state index is 14.5. The molecule has 0 amide bonds. The number of hydrogen-bond acceptors (Lipinski definition) is 6. The predicted molar refractivity (Wildman–Crippen MR) is 146 cm³/mol. The predicted octanol–water partition coefficient (Wildman–Crippen LogP) is 5.90. The quantitative estimate of drug-likeness (QED) is 0.420. The molecule has 0 aromatic carbocycles. The molecule has 6 aliphatic rings. The van der Waals surface area contributed by atoms with Gasteiger partial charge >= 0.3 is 5.97 Å². The lowest BCUT2D eigenvalue weighted by molar-refractivity contribution is -0.229. The van der Waals surface area contributed by atoms with Crippen molar-refractivity contribution in [2.45, 2.75) is 98.7 Å². The molecule has 4 fully saturated rings. The highest BCUT2D eigenvalue weighted by atomic mass is 16.6. The number of ketones is 1. The lowest BCUT2D eigenvalue weighted by atomic mass is 9.34. The maximum Gasteiger partial charge on any atom is 0.312 e. The Morgan fingerprint density at radius 2 is 1.74 bits per heavy atom. The van der Waals surface area contributed by atoms with Gasteiger partial charge in [0.05, 0.1) is 24.7 Å². The molecular weight excluding hydrogens is 490 g/mol. The third-order valence-electron chi connectivity index (χ3n) is 13.6. The Labute approximate surface area is 233 Å². The standard InChI is InChI=1S/C33H45NO5/c1-27(2)10-12-32(26(36)38-7)13-11-31(6)25(21(32)18-27)22(35)16-24-28(3)17-20(19-34)33(37)30(5,14-15-39-33)23(28)8-9-29(24,31)4/h16-17,21,23,25,37H,8-15,18H2,1-7H3/t21-,23+,25-,28-,29+,30-,31+,32-,33?/m0/s1. The molecule has 5 aliphatic carbocycles. The van der Waals surface area contributed by atoms with Crippen LogP contribution >= 0.6 is 0 Å². The number of carbonyl (C=O) groups is 2. The second kappa shape index (κ2) is 7.85. The zero-order valence-electron chi connectivity index (χ0n) is 24.8. The number of carbonyl (C=O) groups excluding carboxylic acids is 2. The summed E-state index contributed by atoms with van der Waals surface area (Å²) in [6.45, 7) is 13.9. The summed E-state index contributed by atoms with van der Waals surface area (Å²) in [4.78, 5) is 27.9. The Hall–Kier alpha value is -1.97. The summed E-state index contributed by atoms with van der Waals surface area (Å²) in [6, 6.07) is 2.28. The summed E-state index contributed by atoms with van der Waals surface area (Å²) in [7, 11) is 1.49. The van der Waals surface area contributed by atoms with Gasteiger partial charge in [0.2, 0.25) is 5.79 Å². The lowest BCUT2D eigenvalue weighted by Crippen LogP contribution is -2.67. The van der Waals surface area contributed by atoms with Crippen LogP contribution in [-0.4, -0.2) is 36.4 Å². The van der Waals surface area contributed by atoms with Gasteiger partial charge in [0, 0.05) is 16.7 Å². The molecule has 1 heterocycles.